The van der Waals surface area contributed by atoms with Gasteiger partial charge in [-0.1, -0.05) is 60.7 Å². The molecule has 1 heterocycles. The Hall–Kier alpha value is -4.70. The number of carboxylic acid groups (broad SMARTS) is 1. The van der Waals surface area contributed by atoms with Crippen LogP contribution in [0.3, 0.4) is 0 Å². The fourth-order valence-electron chi connectivity index (χ4n) is 4.81. The monoisotopic (exact) mass is 557 g/mol. The van der Waals surface area contributed by atoms with Crippen LogP contribution >= 0.6 is 0 Å². The van der Waals surface area contributed by atoms with Gasteiger partial charge in [0.05, 0.1) is 12.2 Å². The van der Waals surface area contributed by atoms with Crippen molar-refractivity contribution in [2.45, 2.75) is 51.2 Å². The second kappa shape index (κ2) is 12.6. The number of carboxylic acids is 1. The van der Waals surface area contributed by atoms with Gasteiger partial charge >= 0.3 is 12.0 Å². The molecule has 0 fully saturated rings. The molecule has 0 unspecified atom stereocenters. The molecule has 0 spiro atoms. The third-order valence-corrected chi connectivity index (χ3v) is 6.68. The molecular formula is C31H35N5O5. The highest BCUT2D eigenvalue weighted by molar-refractivity contribution is 6.00. The number of benzene rings is 3. The molecule has 0 saturated carbocycles. The molecule has 1 aliphatic heterocycles. The quantitative estimate of drug-likeness (QED) is 0.271. The average molecular weight is 558 g/mol. The van der Waals surface area contributed by atoms with Crippen LogP contribution in [0.5, 0.6) is 0 Å². The summed E-state index contributed by atoms with van der Waals surface area (Å²) in [5.74, 6) is -1.57. The third kappa shape index (κ3) is 7.92. The van der Waals surface area contributed by atoms with E-state index in [1.165, 1.54) is 0 Å². The van der Waals surface area contributed by atoms with E-state index < -0.39 is 30.1 Å². The van der Waals surface area contributed by atoms with Crippen molar-refractivity contribution in [3.63, 3.8) is 0 Å². The summed E-state index contributed by atoms with van der Waals surface area (Å²) in [6.45, 7) is 3.37. The van der Waals surface area contributed by atoms with Crippen LogP contribution in [0.25, 0.3) is 11.1 Å². The minimum Gasteiger partial charge on any atom is -0.480 e. The Morgan fingerprint density at radius 2 is 1.68 bits per heavy atom. The van der Waals surface area contributed by atoms with Gasteiger partial charge in [0.1, 0.15) is 12.6 Å². The topological polar surface area (TPSA) is 154 Å². The number of anilines is 2. The maximum atomic E-state index is 13.7. The van der Waals surface area contributed by atoms with E-state index in [1.54, 1.807) is 30.9 Å². The van der Waals surface area contributed by atoms with Crippen LogP contribution in [0.2, 0.25) is 0 Å². The number of hydrogen-bond donors (Lipinski definition) is 5. The lowest BCUT2D eigenvalue weighted by Crippen LogP contribution is -2.49. The van der Waals surface area contributed by atoms with Crippen LogP contribution < -0.4 is 26.6 Å². The van der Waals surface area contributed by atoms with Gasteiger partial charge in [0.15, 0.2) is 0 Å². The van der Waals surface area contributed by atoms with E-state index in [9.17, 15) is 19.2 Å². The Labute approximate surface area is 238 Å². The highest BCUT2D eigenvalue weighted by atomic mass is 16.4. The second-order valence-electron chi connectivity index (χ2n) is 10.8. The van der Waals surface area contributed by atoms with E-state index in [4.69, 9.17) is 10.8 Å². The largest absolute Gasteiger partial charge is 0.480 e. The third-order valence-electron chi connectivity index (χ3n) is 6.68. The molecule has 0 aromatic heterocycles. The number of nitrogens with two attached hydrogens (primary N) is 1. The van der Waals surface area contributed by atoms with E-state index in [0.29, 0.717) is 25.1 Å². The number of nitrogens with one attached hydrogen (secondary N) is 3. The first-order valence-electron chi connectivity index (χ1n) is 13.4. The fraction of sp³-hybridized carbons (Fsp3) is 0.290. The molecule has 6 N–H and O–H groups in total. The van der Waals surface area contributed by atoms with Crippen LogP contribution in [-0.2, 0) is 27.3 Å². The van der Waals surface area contributed by atoms with E-state index >= 15 is 0 Å². The number of nitrogens with zero attached hydrogens (tertiary/aromatic N) is 1. The molecule has 3 aromatic carbocycles. The van der Waals surface area contributed by atoms with Crippen LogP contribution in [0.1, 0.15) is 37.8 Å². The van der Waals surface area contributed by atoms with Crippen molar-refractivity contribution in [2.24, 2.45) is 5.73 Å². The van der Waals surface area contributed by atoms with Gasteiger partial charge in [-0.05, 0) is 55.5 Å². The minimum atomic E-state index is -1.14. The highest BCUT2D eigenvalue weighted by Crippen LogP contribution is 2.31. The number of fused-ring (bicyclic) bond motifs is 1. The molecule has 4 amide bonds. The van der Waals surface area contributed by atoms with Crippen LogP contribution in [-0.4, -0.2) is 47.0 Å². The zero-order chi connectivity index (χ0) is 29.6. The number of rotatable bonds is 9. The maximum absolute atomic E-state index is 13.7. The lowest BCUT2D eigenvalue weighted by molar-refractivity contribution is -0.135. The van der Waals surface area contributed by atoms with Crippen molar-refractivity contribution in [2.75, 3.05) is 16.8 Å². The van der Waals surface area contributed by atoms with Crippen molar-refractivity contribution in [1.29, 1.82) is 0 Å². The lowest BCUT2D eigenvalue weighted by atomic mass is 10.0. The lowest BCUT2D eigenvalue weighted by Gasteiger charge is -2.27. The van der Waals surface area contributed by atoms with Crippen LogP contribution in [0, 0.1) is 0 Å². The van der Waals surface area contributed by atoms with Crippen molar-refractivity contribution < 1.29 is 24.3 Å². The summed E-state index contributed by atoms with van der Waals surface area (Å²) in [6.07, 6.45) is 1.26. The molecule has 10 nitrogen and oxygen atoms in total. The molecule has 0 bridgehead atoms. The predicted molar refractivity (Wildman–Crippen MR) is 157 cm³/mol. The summed E-state index contributed by atoms with van der Waals surface area (Å²) in [4.78, 5) is 51.0. The molecule has 10 heteroatoms. The van der Waals surface area contributed by atoms with Crippen molar-refractivity contribution in [1.82, 2.24) is 10.6 Å². The first-order chi connectivity index (χ1) is 19.5. The highest BCUT2D eigenvalue weighted by Gasteiger charge is 2.32. The van der Waals surface area contributed by atoms with Crippen molar-refractivity contribution in [3.05, 3.63) is 83.9 Å². The summed E-state index contributed by atoms with van der Waals surface area (Å²) in [7, 11) is 0. The van der Waals surface area contributed by atoms with Crippen molar-refractivity contribution >= 4 is 35.2 Å². The van der Waals surface area contributed by atoms with Crippen LogP contribution in [0.4, 0.5) is 16.2 Å². The van der Waals surface area contributed by atoms with Gasteiger partial charge in [-0.25, -0.2) is 4.79 Å². The van der Waals surface area contributed by atoms with E-state index in [0.717, 1.165) is 27.9 Å². The number of aryl methyl sites for hydroxylation is 1. The smallest absolute Gasteiger partial charge is 0.323 e. The number of urea groups is 1. The van der Waals surface area contributed by atoms with E-state index in [2.05, 4.69) is 16.0 Å². The molecule has 3 aromatic rings. The zero-order valence-electron chi connectivity index (χ0n) is 23.1. The molecule has 0 radical (unpaired) electrons. The van der Waals surface area contributed by atoms with Gasteiger partial charge in [-0.2, -0.15) is 0 Å². The molecule has 0 saturated heterocycles. The van der Waals surface area contributed by atoms with Gasteiger partial charge in [0.2, 0.25) is 11.8 Å². The minimum absolute atomic E-state index is 0.114. The number of hydrogen-bond acceptors (Lipinski definition) is 5. The summed E-state index contributed by atoms with van der Waals surface area (Å²) < 4.78 is 0. The Morgan fingerprint density at radius 1 is 1.00 bits per heavy atom. The normalized spacial score (nSPS) is 15.0. The Bertz CT molecular complexity index is 1430. The second-order valence-corrected chi connectivity index (χ2v) is 10.8. The molecule has 4 rings (SSSR count). The number of carbonyl (C=O) groups is 4. The van der Waals surface area contributed by atoms with Gasteiger partial charge in [-0.15, -0.1) is 0 Å². The molecule has 1 atom stereocenters. The van der Waals surface area contributed by atoms with Gasteiger partial charge in [0, 0.05) is 23.2 Å². The maximum Gasteiger partial charge on any atom is 0.323 e. The molecule has 41 heavy (non-hydrogen) atoms. The predicted octanol–water partition coefficient (Wildman–Crippen LogP) is 3.65. The van der Waals surface area contributed by atoms with E-state index in [-0.39, 0.29) is 18.2 Å². The SMILES string of the molecule is CC(C)(N)CC(=O)N[C@@H]1CCc2ccccc2N(Cc2ccc(-c3ccccc3NC(=O)NCC(=O)O)cc2)C1=O. The first-order valence-corrected chi connectivity index (χ1v) is 13.4. The van der Waals surface area contributed by atoms with Crippen molar-refractivity contribution in [3.8, 4) is 11.1 Å². The summed E-state index contributed by atoms with van der Waals surface area (Å²) >= 11 is 0. The summed E-state index contributed by atoms with van der Waals surface area (Å²) in [6, 6.07) is 21.3. The Balaban J connectivity index is 1.54. The Kier molecular flexibility index (Phi) is 9.04. The van der Waals surface area contributed by atoms with Gasteiger partial charge in [0.25, 0.3) is 0 Å². The molecular weight excluding hydrogens is 522 g/mol. The number of amides is 4. The summed E-state index contributed by atoms with van der Waals surface area (Å²) in [5.41, 5.74) is 10.2. The standard InChI is InChI=1S/C31H35N5O5/c1-31(2,32)17-27(37)34-25-16-15-22-7-3-6-10-26(22)36(29(25)40)19-20-11-13-21(14-12-20)23-8-4-5-9-24(23)35-30(41)33-18-28(38)39/h3-14,25H,15-19,32H2,1-2H3,(H,34,37)(H,38,39)(H2,33,35,41)/t25-/m1/s1. The van der Waals surface area contributed by atoms with E-state index in [1.807, 2.05) is 60.7 Å². The zero-order valence-corrected chi connectivity index (χ0v) is 23.1. The molecule has 1 aliphatic rings. The fourth-order valence-corrected chi connectivity index (χ4v) is 4.81. The summed E-state index contributed by atoms with van der Waals surface area (Å²) in [5, 5.41) is 16.7. The average Bonchev–Trinajstić information content (AvgIpc) is 3.04. The number of para-hydroxylation sites is 2. The van der Waals surface area contributed by atoms with Gasteiger partial charge < -0.3 is 31.7 Å². The van der Waals surface area contributed by atoms with Gasteiger partial charge in [-0.3, -0.25) is 14.4 Å². The number of aliphatic carboxylic acids is 1. The number of carbonyl (C=O) groups excluding carboxylic acids is 3. The Morgan fingerprint density at radius 3 is 2.39 bits per heavy atom. The van der Waals surface area contributed by atoms with Crippen LogP contribution in [0.15, 0.2) is 72.8 Å². The molecule has 214 valence electrons. The molecule has 0 aliphatic carbocycles. The first kappa shape index (κ1) is 29.3.